The number of phenolic OH excluding ortho intramolecular Hbond substituents is 1. The number of aliphatic hydroxyl groups excluding tert-OH is 1. The van der Waals surface area contributed by atoms with Gasteiger partial charge in [-0.25, -0.2) is 4.79 Å². The predicted molar refractivity (Wildman–Crippen MR) is 50.1 cm³/mol. The molecular formula is C9H9ClO4. The summed E-state index contributed by atoms with van der Waals surface area (Å²) >= 11 is 5.59. The van der Waals surface area contributed by atoms with E-state index in [4.69, 9.17) is 16.7 Å². The third-order valence-corrected chi connectivity index (χ3v) is 2.01. The minimum Gasteiger partial charge on any atom is -0.506 e. The SMILES string of the molecule is COC(=O)C(O)c1ccc(O)c(Cl)c1. The summed E-state index contributed by atoms with van der Waals surface area (Å²) in [5, 5.41) is 18.6. The van der Waals surface area contributed by atoms with Crippen LogP contribution in [0.3, 0.4) is 0 Å². The number of ether oxygens (including phenoxy) is 1. The number of hydrogen-bond acceptors (Lipinski definition) is 4. The lowest BCUT2D eigenvalue weighted by Gasteiger charge is -2.08. The molecule has 0 fully saturated rings. The summed E-state index contributed by atoms with van der Waals surface area (Å²) in [7, 11) is 1.17. The molecule has 1 aromatic carbocycles. The molecular weight excluding hydrogens is 208 g/mol. The molecule has 0 aliphatic heterocycles. The second kappa shape index (κ2) is 4.30. The standard InChI is InChI=1S/C9H9ClO4/c1-14-9(13)8(12)5-2-3-7(11)6(10)4-5/h2-4,8,11-12H,1H3. The smallest absolute Gasteiger partial charge is 0.339 e. The molecule has 0 amide bonds. The highest BCUT2D eigenvalue weighted by molar-refractivity contribution is 6.32. The van der Waals surface area contributed by atoms with Gasteiger partial charge in [-0.3, -0.25) is 0 Å². The maximum atomic E-state index is 10.9. The van der Waals surface area contributed by atoms with Gasteiger partial charge >= 0.3 is 5.97 Å². The van der Waals surface area contributed by atoms with Gasteiger partial charge in [-0.1, -0.05) is 17.7 Å². The molecule has 0 aliphatic rings. The number of hydrogen-bond donors (Lipinski definition) is 2. The highest BCUT2D eigenvalue weighted by Gasteiger charge is 2.18. The van der Waals surface area contributed by atoms with E-state index in [-0.39, 0.29) is 16.3 Å². The third-order valence-electron chi connectivity index (χ3n) is 1.71. The minimum atomic E-state index is -1.38. The van der Waals surface area contributed by atoms with Gasteiger partial charge in [-0.15, -0.1) is 0 Å². The number of halogens is 1. The zero-order valence-electron chi connectivity index (χ0n) is 7.40. The summed E-state index contributed by atoms with van der Waals surface area (Å²) in [5.74, 6) is -0.876. The van der Waals surface area contributed by atoms with Gasteiger partial charge in [0.25, 0.3) is 0 Å². The molecule has 0 saturated carbocycles. The molecule has 1 atom stereocenters. The van der Waals surface area contributed by atoms with Crippen molar-refractivity contribution < 1.29 is 19.7 Å². The second-order valence-electron chi connectivity index (χ2n) is 2.64. The number of carbonyl (C=O) groups is 1. The number of carbonyl (C=O) groups excluding carboxylic acids is 1. The van der Waals surface area contributed by atoms with Crippen molar-refractivity contribution in [1.82, 2.24) is 0 Å². The van der Waals surface area contributed by atoms with E-state index in [9.17, 15) is 9.90 Å². The largest absolute Gasteiger partial charge is 0.506 e. The van der Waals surface area contributed by atoms with Crippen LogP contribution in [0.25, 0.3) is 0 Å². The number of aromatic hydroxyl groups is 1. The number of aliphatic hydroxyl groups is 1. The first-order valence-corrected chi connectivity index (χ1v) is 4.18. The van der Waals surface area contributed by atoms with E-state index in [1.807, 2.05) is 0 Å². The topological polar surface area (TPSA) is 66.8 Å². The van der Waals surface area contributed by atoms with E-state index in [0.717, 1.165) is 0 Å². The number of benzene rings is 1. The van der Waals surface area contributed by atoms with Crippen molar-refractivity contribution in [2.24, 2.45) is 0 Å². The summed E-state index contributed by atoms with van der Waals surface area (Å²) in [4.78, 5) is 10.9. The monoisotopic (exact) mass is 216 g/mol. The summed E-state index contributed by atoms with van der Waals surface area (Å²) in [6.07, 6.45) is -1.38. The Balaban J connectivity index is 2.96. The van der Waals surface area contributed by atoms with Gasteiger partial charge in [0.2, 0.25) is 0 Å². The lowest BCUT2D eigenvalue weighted by molar-refractivity contribution is -0.150. The van der Waals surface area contributed by atoms with Gasteiger partial charge in [0.15, 0.2) is 6.10 Å². The van der Waals surface area contributed by atoms with E-state index in [2.05, 4.69) is 4.74 Å². The van der Waals surface area contributed by atoms with Crippen LogP contribution in [0.2, 0.25) is 5.02 Å². The zero-order valence-corrected chi connectivity index (χ0v) is 8.15. The molecule has 0 aliphatic carbocycles. The fourth-order valence-corrected chi connectivity index (χ4v) is 1.13. The average Bonchev–Trinajstić information content (AvgIpc) is 2.20. The van der Waals surface area contributed by atoms with Crippen LogP contribution in [-0.2, 0) is 9.53 Å². The van der Waals surface area contributed by atoms with Crippen molar-refractivity contribution in [2.45, 2.75) is 6.10 Å². The van der Waals surface area contributed by atoms with Crippen LogP contribution >= 0.6 is 11.6 Å². The Bertz CT molecular complexity index is 351. The first-order valence-electron chi connectivity index (χ1n) is 3.80. The molecule has 76 valence electrons. The van der Waals surface area contributed by atoms with Crippen LogP contribution in [0.5, 0.6) is 5.75 Å². The summed E-state index contributed by atoms with van der Waals surface area (Å²) in [6, 6.07) is 3.99. The van der Waals surface area contributed by atoms with Crippen LogP contribution in [-0.4, -0.2) is 23.3 Å². The van der Waals surface area contributed by atoms with Crippen LogP contribution in [0, 0.1) is 0 Å². The lowest BCUT2D eigenvalue weighted by atomic mass is 10.1. The summed E-state index contributed by atoms with van der Waals surface area (Å²) < 4.78 is 4.34. The van der Waals surface area contributed by atoms with Crippen molar-refractivity contribution in [2.75, 3.05) is 7.11 Å². The fourth-order valence-electron chi connectivity index (χ4n) is 0.941. The molecule has 0 radical (unpaired) electrons. The Morgan fingerprint density at radius 1 is 1.57 bits per heavy atom. The molecule has 0 bridgehead atoms. The molecule has 4 nitrogen and oxygen atoms in total. The van der Waals surface area contributed by atoms with Crippen molar-refractivity contribution in [3.05, 3.63) is 28.8 Å². The van der Waals surface area contributed by atoms with Crippen LogP contribution in [0.1, 0.15) is 11.7 Å². The molecule has 14 heavy (non-hydrogen) atoms. The Hall–Kier alpha value is -1.26. The van der Waals surface area contributed by atoms with Gasteiger partial charge in [0, 0.05) is 0 Å². The maximum absolute atomic E-state index is 10.9. The fraction of sp³-hybridized carbons (Fsp3) is 0.222. The normalized spacial score (nSPS) is 12.2. The van der Waals surface area contributed by atoms with Crippen LogP contribution in [0.4, 0.5) is 0 Å². The van der Waals surface area contributed by atoms with Crippen molar-refractivity contribution in [3.63, 3.8) is 0 Å². The van der Waals surface area contributed by atoms with Gasteiger partial charge in [-0.05, 0) is 17.7 Å². The first kappa shape index (κ1) is 10.8. The van der Waals surface area contributed by atoms with Crippen molar-refractivity contribution in [1.29, 1.82) is 0 Å². The molecule has 5 heteroatoms. The van der Waals surface area contributed by atoms with Gasteiger partial charge in [0.1, 0.15) is 5.75 Å². The summed E-state index contributed by atoms with van der Waals surface area (Å²) in [6.45, 7) is 0. The number of phenols is 1. The zero-order chi connectivity index (χ0) is 10.7. The lowest BCUT2D eigenvalue weighted by Crippen LogP contribution is -2.13. The first-order chi connectivity index (χ1) is 6.56. The van der Waals surface area contributed by atoms with Gasteiger partial charge in [0.05, 0.1) is 12.1 Å². The maximum Gasteiger partial charge on any atom is 0.339 e. The third kappa shape index (κ3) is 2.16. The van der Waals surface area contributed by atoms with Crippen molar-refractivity contribution in [3.8, 4) is 5.75 Å². The van der Waals surface area contributed by atoms with E-state index in [1.54, 1.807) is 0 Å². The Morgan fingerprint density at radius 3 is 2.71 bits per heavy atom. The minimum absolute atomic E-state index is 0.0745. The van der Waals surface area contributed by atoms with Gasteiger partial charge in [-0.2, -0.15) is 0 Å². The van der Waals surface area contributed by atoms with E-state index >= 15 is 0 Å². The van der Waals surface area contributed by atoms with E-state index in [0.29, 0.717) is 0 Å². The number of methoxy groups -OCH3 is 1. The molecule has 0 aromatic heterocycles. The highest BCUT2D eigenvalue weighted by atomic mass is 35.5. The Kier molecular flexibility index (Phi) is 3.33. The molecule has 1 rings (SSSR count). The predicted octanol–water partition coefficient (Wildman–Crippen LogP) is 1.25. The molecule has 0 spiro atoms. The molecule has 0 saturated heterocycles. The number of esters is 1. The van der Waals surface area contributed by atoms with E-state index in [1.165, 1.54) is 25.3 Å². The summed E-state index contributed by atoms with van der Waals surface area (Å²) in [5.41, 5.74) is 0.277. The van der Waals surface area contributed by atoms with Crippen LogP contribution < -0.4 is 0 Å². The molecule has 1 aromatic rings. The van der Waals surface area contributed by atoms with Gasteiger partial charge < -0.3 is 14.9 Å². The average molecular weight is 217 g/mol. The molecule has 0 heterocycles. The second-order valence-corrected chi connectivity index (χ2v) is 3.04. The Morgan fingerprint density at radius 2 is 2.21 bits per heavy atom. The van der Waals surface area contributed by atoms with Crippen LogP contribution in [0.15, 0.2) is 18.2 Å². The Labute approximate surface area is 85.7 Å². The van der Waals surface area contributed by atoms with Crippen molar-refractivity contribution >= 4 is 17.6 Å². The molecule has 1 unspecified atom stereocenters. The van der Waals surface area contributed by atoms with E-state index < -0.39 is 12.1 Å². The molecule has 2 N–H and O–H groups in total. The highest BCUT2D eigenvalue weighted by Crippen LogP contribution is 2.26. The quantitative estimate of drug-likeness (QED) is 0.731. The number of rotatable bonds is 2.